The van der Waals surface area contributed by atoms with Crippen molar-refractivity contribution in [2.24, 2.45) is 0 Å². The molecule has 0 amide bonds. The lowest BCUT2D eigenvalue weighted by molar-refractivity contribution is 0.414. The molecule has 29 heavy (non-hydrogen) atoms. The molecule has 4 nitrogen and oxygen atoms in total. The Labute approximate surface area is 177 Å². The Bertz CT molecular complexity index is 897. The van der Waals surface area contributed by atoms with E-state index in [0.29, 0.717) is 18.1 Å². The number of aryl methyl sites for hydroxylation is 1. The van der Waals surface area contributed by atoms with Crippen LogP contribution in [-0.2, 0) is 13.1 Å². The SMILES string of the molecule is C=Cc1c(Cl)cc(N(Cc2ccc(OC)cc2)Cc2ccc(OC)cc2)nc1C. The topological polar surface area (TPSA) is 34.6 Å². The molecule has 3 rings (SSSR count). The molecule has 1 aromatic heterocycles. The number of hydrogen-bond acceptors (Lipinski definition) is 4. The predicted octanol–water partition coefficient (Wildman–Crippen LogP) is 5.91. The lowest BCUT2D eigenvalue weighted by Gasteiger charge is -2.25. The number of halogens is 1. The van der Waals surface area contributed by atoms with E-state index in [1.54, 1.807) is 20.3 Å². The van der Waals surface area contributed by atoms with Crippen molar-refractivity contribution in [1.82, 2.24) is 4.98 Å². The van der Waals surface area contributed by atoms with Crippen LogP contribution in [0.3, 0.4) is 0 Å². The molecule has 1 heterocycles. The normalized spacial score (nSPS) is 10.5. The zero-order chi connectivity index (χ0) is 20.8. The van der Waals surface area contributed by atoms with E-state index >= 15 is 0 Å². The molecule has 5 heteroatoms. The number of ether oxygens (including phenoxy) is 2. The molecule has 0 aliphatic rings. The Hall–Kier alpha value is -2.98. The molecule has 0 N–H and O–H groups in total. The molecule has 2 aromatic carbocycles. The second-order valence-electron chi connectivity index (χ2n) is 6.72. The first kappa shape index (κ1) is 20.7. The summed E-state index contributed by atoms with van der Waals surface area (Å²) in [7, 11) is 3.34. The van der Waals surface area contributed by atoms with E-state index in [1.807, 2.05) is 37.3 Å². The third-order valence-electron chi connectivity index (χ3n) is 4.78. The van der Waals surface area contributed by atoms with E-state index in [1.165, 1.54) is 0 Å². The van der Waals surface area contributed by atoms with Gasteiger partial charge in [-0.15, -0.1) is 0 Å². The second-order valence-corrected chi connectivity index (χ2v) is 7.12. The van der Waals surface area contributed by atoms with Gasteiger partial charge in [0.1, 0.15) is 17.3 Å². The van der Waals surface area contributed by atoms with E-state index in [0.717, 1.165) is 39.7 Å². The standard InChI is InChI=1S/C24H25ClN2O2/c1-5-22-17(2)26-24(14-23(22)25)27(15-18-6-10-20(28-3)11-7-18)16-19-8-12-21(29-4)13-9-19/h5-14H,1,15-16H2,2-4H3. The number of benzene rings is 2. The van der Waals surface area contributed by atoms with Gasteiger partial charge in [-0.1, -0.05) is 48.5 Å². The summed E-state index contributed by atoms with van der Waals surface area (Å²) in [5.41, 5.74) is 4.03. The molecule has 0 bridgehead atoms. The average molecular weight is 409 g/mol. The van der Waals surface area contributed by atoms with Crippen LogP contribution in [0, 0.1) is 6.92 Å². The molecule has 3 aromatic rings. The average Bonchev–Trinajstić information content (AvgIpc) is 2.74. The number of aromatic nitrogens is 1. The first-order valence-corrected chi connectivity index (χ1v) is 9.72. The fraction of sp³-hybridized carbons (Fsp3) is 0.208. The lowest BCUT2D eigenvalue weighted by atomic mass is 10.1. The molecule has 0 radical (unpaired) electrons. The Kier molecular flexibility index (Phi) is 6.78. The van der Waals surface area contributed by atoms with Crippen molar-refractivity contribution in [1.29, 1.82) is 0 Å². The minimum Gasteiger partial charge on any atom is -0.497 e. The van der Waals surface area contributed by atoms with Crippen molar-refractivity contribution in [2.45, 2.75) is 20.0 Å². The van der Waals surface area contributed by atoms with Crippen molar-refractivity contribution in [2.75, 3.05) is 19.1 Å². The largest absolute Gasteiger partial charge is 0.497 e. The summed E-state index contributed by atoms with van der Waals surface area (Å²) >= 11 is 6.49. The Morgan fingerprint density at radius 2 is 1.41 bits per heavy atom. The maximum atomic E-state index is 6.49. The molecular weight excluding hydrogens is 384 g/mol. The van der Waals surface area contributed by atoms with Gasteiger partial charge in [-0.25, -0.2) is 4.98 Å². The van der Waals surface area contributed by atoms with Crippen LogP contribution in [-0.4, -0.2) is 19.2 Å². The number of pyridine rings is 1. The fourth-order valence-corrected chi connectivity index (χ4v) is 3.47. The molecule has 0 unspecified atom stereocenters. The number of nitrogens with zero attached hydrogens (tertiary/aromatic N) is 2. The molecule has 0 aliphatic carbocycles. The zero-order valence-corrected chi connectivity index (χ0v) is 17.7. The second kappa shape index (κ2) is 9.48. The van der Waals surface area contributed by atoms with Crippen LogP contribution >= 0.6 is 11.6 Å². The summed E-state index contributed by atoms with van der Waals surface area (Å²) in [5, 5.41) is 0.650. The number of anilines is 1. The quantitative estimate of drug-likeness (QED) is 0.464. The van der Waals surface area contributed by atoms with Gasteiger partial charge in [-0.2, -0.15) is 0 Å². The van der Waals surface area contributed by atoms with Crippen molar-refractivity contribution < 1.29 is 9.47 Å². The highest BCUT2D eigenvalue weighted by molar-refractivity contribution is 6.32. The molecular formula is C24H25ClN2O2. The molecule has 0 saturated heterocycles. The minimum atomic E-state index is 0.650. The maximum Gasteiger partial charge on any atom is 0.130 e. The Balaban J connectivity index is 1.94. The molecule has 150 valence electrons. The van der Waals surface area contributed by atoms with Gasteiger partial charge >= 0.3 is 0 Å². The molecule has 0 atom stereocenters. The van der Waals surface area contributed by atoms with Gasteiger partial charge in [0.25, 0.3) is 0 Å². The summed E-state index contributed by atoms with van der Waals surface area (Å²) in [6.45, 7) is 7.16. The van der Waals surface area contributed by atoms with Crippen molar-refractivity contribution >= 4 is 23.5 Å². The van der Waals surface area contributed by atoms with Gasteiger partial charge in [0.15, 0.2) is 0 Å². The van der Waals surface area contributed by atoms with Gasteiger partial charge in [0, 0.05) is 24.3 Å². The van der Waals surface area contributed by atoms with Crippen LogP contribution in [0.15, 0.2) is 61.2 Å². The highest BCUT2D eigenvalue weighted by Gasteiger charge is 2.14. The monoisotopic (exact) mass is 408 g/mol. The van der Waals surface area contributed by atoms with Crippen LogP contribution in [0.4, 0.5) is 5.82 Å². The number of rotatable bonds is 8. The minimum absolute atomic E-state index is 0.650. The number of methoxy groups -OCH3 is 2. The molecule has 0 spiro atoms. The number of hydrogen-bond donors (Lipinski definition) is 0. The van der Waals surface area contributed by atoms with Crippen LogP contribution in [0.25, 0.3) is 6.08 Å². The Morgan fingerprint density at radius 3 is 1.79 bits per heavy atom. The zero-order valence-electron chi connectivity index (χ0n) is 17.0. The van der Waals surface area contributed by atoms with Crippen molar-refractivity contribution in [3.8, 4) is 11.5 Å². The highest BCUT2D eigenvalue weighted by atomic mass is 35.5. The van der Waals surface area contributed by atoms with Gasteiger partial charge in [0.05, 0.1) is 19.2 Å². The Morgan fingerprint density at radius 1 is 0.931 bits per heavy atom. The van der Waals surface area contributed by atoms with E-state index in [-0.39, 0.29) is 0 Å². The van der Waals surface area contributed by atoms with Crippen LogP contribution in [0.1, 0.15) is 22.4 Å². The van der Waals surface area contributed by atoms with E-state index in [2.05, 4.69) is 35.7 Å². The van der Waals surface area contributed by atoms with Crippen molar-refractivity contribution in [3.05, 3.63) is 88.6 Å². The van der Waals surface area contributed by atoms with Crippen LogP contribution in [0.5, 0.6) is 11.5 Å². The summed E-state index contributed by atoms with van der Waals surface area (Å²) in [5.74, 6) is 2.50. The third kappa shape index (κ3) is 5.09. The van der Waals surface area contributed by atoms with Crippen LogP contribution < -0.4 is 14.4 Å². The molecule has 0 fully saturated rings. The van der Waals surface area contributed by atoms with Gasteiger partial charge in [0.2, 0.25) is 0 Å². The van der Waals surface area contributed by atoms with E-state index in [9.17, 15) is 0 Å². The summed E-state index contributed by atoms with van der Waals surface area (Å²) in [6, 6.07) is 18.0. The first-order valence-electron chi connectivity index (χ1n) is 9.34. The van der Waals surface area contributed by atoms with Gasteiger partial charge in [-0.3, -0.25) is 0 Å². The van der Waals surface area contributed by atoms with Crippen LogP contribution in [0.2, 0.25) is 5.02 Å². The first-order chi connectivity index (χ1) is 14.0. The smallest absolute Gasteiger partial charge is 0.130 e. The summed E-state index contributed by atoms with van der Waals surface area (Å²) in [4.78, 5) is 6.99. The summed E-state index contributed by atoms with van der Waals surface area (Å²) < 4.78 is 10.5. The molecule has 0 saturated carbocycles. The third-order valence-corrected chi connectivity index (χ3v) is 5.09. The maximum absolute atomic E-state index is 6.49. The highest BCUT2D eigenvalue weighted by Crippen LogP contribution is 2.28. The fourth-order valence-electron chi connectivity index (χ4n) is 3.16. The van der Waals surface area contributed by atoms with E-state index < -0.39 is 0 Å². The van der Waals surface area contributed by atoms with Gasteiger partial charge < -0.3 is 14.4 Å². The van der Waals surface area contributed by atoms with Crippen molar-refractivity contribution in [3.63, 3.8) is 0 Å². The summed E-state index contributed by atoms with van der Waals surface area (Å²) in [6.07, 6.45) is 1.74. The predicted molar refractivity (Wildman–Crippen MR) is 120 cm³/mol. The van der Waals surface area contributed by atoms with E-state index in [4.69, 9.17) is 26.1 Å². The van der Waals surface area contributed by atoms with Gasteiger partial charge in [-0.05, 0) is 48.4 Å². The lowest BCUT2D eigenvalue weighted by Crippen LogP contribution is -2.23. The molecule has 0 aliphatic heterocycles.